The lowest BCUT2D eigenvalue weighted by molar-refractivity contribution is 0.394. The van der Waals surface area contributed by atoms with Crippen molar-refractivity contribution in [2.75, 3.05) is 0 Å². The van der Waals surface area contributed by atoms with E-state index in [0.717, 1.165) is 5.39 Å². The summed E-state index contributed by atoms with van der Waals surface area (Å²) in [6.45, 7) is 3.76. The van der Waals surface area contributed by atoms with Crippen molar-refractivity contribution >= 4 is 35.5 Å². The highest BCUT2D eigenvalue weighted by Gasteiger charge is 2.02. The van der Waals surface area contributed by atoms with Crippen LogP contribution in [-0.4, -0.2) is 21.5 Å². The van der Waals surface area contributed by atoms with E-state index >= 15 is 0 Å². The van der Waals surface area contributed by atoms with E-state index in [-0.39, 0.29) is 0 Å². The van der Waals surface area contributed by atoms with Crippen molar-refractivity contribution in [3.05, 3.63) is 35.5 Å². The van der Waals surface area contributed by atoms with Crippen molar-refractivity contribution in [2.45, 2.75) is 0 Å². The first-order chi connectivity index (χ1) is 8.84. The molecule has 0 atom stereocenters. The third kappa shape index (κ3) is 1.80. The lowest BCUT2D eigenvalue weighted by atomic mass is 10.3. The van der Waals surface area contributed by atoms with Gasteiger partial charge in [-0.3, -0.25) is 9.98 Å². The molecule has 0 radical (unpaired) electrons. The van der Waals surface area contributed by atoms with Crippen molar-refractivity contribution in [1.82, 2.24) is 15.3 Å². The average molecular weight is 240 g/mol. The SMILES string of the molecule is C=c1cno/c1=C/C=Nc1cncc2conc12. The monoisotopic (exact) mass is 240 g/mol. The maximum absolute atomic E-state index is 4.97. The van der Waals surface area contributed by atoms with Crippen LogP contribution in [-0.2, 0) is 0 Å². The predicted molar refractivity (Wildman–Crippen MR) is 65.7 cm³/mol. The van der Waals surface area contributed by atoms with Crippen LogP contribution in [0.5, 0.6) is 0 Å². The zero-order valence-corrected chi connectivity index (χ0v) is 9.28. The Morgan fingerprint density at radius 1 is 1.28 bits per heavy atom. The summed E-state index contributed by atoms with van der Waals surface area (Å²) in [5, 5.41) is 9.00. The highest BCUT2D eigenvalue weighted by Crippen LogP contribution is 2.22. The third-order valence-electron chi connectivity index (χ3n) is 2.37. The molecule has 18 heavy (non-hydrogen) atoms. The fraction of sp³-hybridized carbons (Fsp3) is 0. The summed E-state index contributed by atoms with van der Waals surface area (Å²) >= 11 is 0. The van der Waals surface area contributed by atoms with Gasteiger partial charge in [0.25, 0.3) is 0 Å². The molecule has 0 aromatic carbocycles. The zero-order valence-electron chi connectivity index (χ0n) is 9.28. The second kappa shape index (κ2) is 4.25. The highest BCUT2D eigenvalue weighted by molar-refractivity contribution is 5.95. The molecule has 0 N–H and O–H groups in total. The Kier molecular flexibility index (Phi) is 2.45. The van der Waals surface area contributed by atoms with E-state index in [4.69, 9.17) is 9.05 Å². The first kappa shape index (κ1) is 10.4. The molecular weight excluding hydrogens is 232 g/mol. The van der Waals surface area contributed by atoms with E-state index in [2.05, 4.69) is 26.9 Å². The molecule has 88 valence electrons. The molecule has 3 rings (SSSR count). The Morgan fingerprint density at radius 2 is 2.22 bits per heavy atom. The van der Waals surface area contributed by atoms with Gasteiger partial charge in [0.05, 0.1) is 17.8 Å². The van der Waals surface area contributed by atoms with E-state index < -0.39 is 0 Å². The average Bonchev–Trinajstić information content (AvgIpc) is 2.99. The van der Waals surface area contributed by atoms with Crippen LogP contribution in [0, 0.1) is 0 Å². The second-order valence-electron chi connectivity index (χ2n) is 3.57. The summed E-state index contributed by atoms with van der Waals surface area (Å²) < 4.78 is 9.83. The number of hydrogen-bond acceptors (Lipinski definition) is 6. The highest BCUT2D eigenvalue weighted by atomic mass is 16.5. The number of rotatable bonds is 2. The van der Waals surface area contributed by atoms with Gasteiger partial charge in [0.1, 0.15) is 17.5 Å². The van der Waals surface area contributed by atoms with Gasteiger partial charge in [-0.05, 0) is 0 Å². The molecule has 3 heterocycles. The molecule has 0 saturated heterocycles. The Morgan fingerprint density at radius 3 is 3.06 bits per heavy atom. The van der Waals surface area contributed by atoms with E-state index in [1.807, 2.05) is 0 Å². The molecule has 3 aromatic heterocycles. The quantitative estimate of drug-likeness (QED) is 0.619. The molecule has 0 fully saturated rings. The van der Waals surface area contributed by atoms with E-state index in [1.165, 1.54) is 6.26 Å². The van der Waals surface area contributed by atoms with Crippen LogP contribution in [0.3, 0.4) is 0 Å². The summed E-state index contributed by atoms with van der Waals surface area (Å²) in [4.78, 5) is 8.28. The Labute approximate surface area is 101 Å². The topological polar surface area (TPSA) is 77.3 Å². The Balaban J connectivity index is 2.00. The standard InChI is InChI=1S/C12H8N4O2/c1-8-4-15-18-11(8)2-3-14-10-6-13-5-9-7-17-16-12(9)10/h2-7H,1H2/b11-2+,14-3?. The molecule has 0 aliphatic rings. The van der Waals surface area contributed by atoms with Gasteiger partial charge in [-0.1, -0.05) is 16.9 Å². The summed E-state index contributed by atoms with van der Waals surface area (Å²) in [7, 11) is 0. The maximum Gasteiger partial charge on any atom is 0.167 e. The van der Waals surface area contributed by atoms with Gasteiger partial charge < -0.3 is 9.05 Å². The minimum absolute atomic E-state index is 0.569. The van der Waals surface area contributed by atoms with E-state index in [9.17, 15) is 0 Å². The van der Waals surface area contributed by atoms with Crippen LogP contribution in [0.1, 0.15) is 0 Å². The predicted octanol–water partition coefficient (Wildman–Crippen LogP) is 0.804. The van der Waals surface area contributed by atoms with Crippen molar-refractivity contribution in [1.29, 1.82) is 0 Å². The van der Waals surface area contributed by atoms with Crippen molar-refractivity contribution in [3.63, 3.8) is 0 Å². The summed E-state index contributed by atoms with van der Waals surface area (Å²) in [5.41, 5.74) is 1.86. The maximum atomic E-state index is 4.97. The van der Waals surface area contributed by atoms with Gasteiger partial charge in [-0.25, -0.2) is 0 Å². The number of pyridine rings is 1. The van der Waals surface area contributed by atoms with Crippen LogP contribution in [0.4, 0.5) is 5.69 Å². The van der Waals surface area contributed by atoms with Crippen LogP contribution in [0.15, 0.2) is 38.9 Å². The van der Waals surface area contributed by atoms with Gasteiger partial charge in [0.15, 0.2) is 5.42 Å². The molecule has 0 unspecified atom stereocenters. The first-order valence-electron chi connectivity index (χ1n) is 5.17. The third-order valence-corrected chi connectivity index (χ3v) is 2.37. The largest absolute Gasteiger partial charge is 0.363 e. The van der Waals surface area contributed by atoms with Gasteiger partial charge in [0.2, 0.25) is 0 Å². The molecule has 0 bridgehead atoms. The Bertz CT molecular complexity index is 816. The van der Waals surface area contributed by atoms with Crippen molar-refractivity contribution < 1.29 is 9.05 Å². The van der Waals surface area contributed by atoms with Crippen LogP contribution in [0.25, 0.3) is 23.6 Å². The molecular formula is C12H8N4O2. The smallest absolute Gasteiger partial charge is 0.167 e. The minimum atomic E-state index is 0.569. The fourth-order valence-electron chi connectivity index (χ4n) is 1.47. The normalized spacial score (nSPS) is 12.8. The minimum Gasteiger partial charge on any atom is -0.363 e. The van der Waals surface area contributed by atoms with Gasteiger partial charge in [-0.2, -0.15) is 0 Å². The Hall–Kier alpha value is -2.76. The fourth-order valence-corrected chi connectivity index (χ4v) is 1.47. The summed E-state index contributed by atoms with van der Waals surface area (Å²) in [6, 6.07) is 0. The number of fused-ring (bicyclic) bond motifs is 1. The molecule has 6 heteroatoms. The van der Waals surface area contributed by atoms with Crippen molar-refractivity contribution in [2.24, 2.45) is 4.99 Å². The zero-order chi connectivity index (χ0) is 12.4. The molecule has 0 spiro atoms. The molecule has 0 aliphatic heterocycles. The number of aromatic nitrogens is 3. The van der Waals surface area contributed by atoms with Crippen LogP contribution >= 0.6 is 0 Å². The second-order valence-corrected chi connectivity index (χ2v) is 3.57. The van der Waals surface area contributed by atoms with Gasteiger partial charge >= 0.3 is 0 Å². The lowest BCUT2D eigenvalue weighted by Crippen LogP contribution is -2.16. The molecule has 3 aromatic rings. The van der Waals surface area contributed by atoms with Gasteiger partial charge in [-0.15, -0.1) is 0 Å². The first-order valence-corrected chi connectivity index (χ1v) is 5.17. The van der Waals surface area contributed by atoms with Crippen LogP contribution in [0.2, 0.25) is 0 Å². The molecule has 0 saturated carbocycles. The molecule has 0 aliphatic carbocycles. The van der Waals surface area contributed by atoms with Crippen molar-refractivity contribution in [3.8, 4) is 0 Å². The summed E-state index contributed by atoms with van der Waals surface area (Å²) in [5.74, 6) is 0. The van der Waals surface area contributed by atoms with Crippen LogP contribution < -0.4 is 10.6 Å². The lowest BCUT2D eigenvalue weighted by Gasteiger charge is -1.90. The van der Waals surface area contributed by atoms with E-state index in [0.29, 0.717) is 21.8 Å². The number of nitrogens with zero attached hydrogens (tertiary/aromatic N) is 4. The number of aliphatic imine (C=N–C) groups is 1. The van der Waals surface area contributed by atoms with Gasteiger partial charge in [0, 0.05) is 23.7 Å². The molecule has 6 nitrogen and oxygen atoms in total. The summed E-state index contributed by atoms with van der Waals surface area (Å²) in [6.07, 6.45) is 9.60. The van der Waals surface area contributed by atoms with E-state index in [1.54, 1.807) is 30.9 Å². The number of hydrogen-bond donors (Lipinski definition) is 0. The molecule has 0 amide bonds.